The summed E-state index contributed by atoms with van der Waals surface area (Å²) in [6.45, 7) is 5.20. The van der Waals surface area contributed by atoms with Crippen molar-refractivity contribution in [2.24, 2.45) is 0 Å². The number of pyridine rings is 2. The van der Waals surface area contributed by atoms with Crippen LogP contribution < -0.4 is 25.9 Å². The third-order valence-electron chi connectivity index (χ3n) is 6.70. The molecule has 0 atom stereocenters. The van der Waals surface area contributed by atoms with Crippen molar-refractivity contribution < 1.29 is 9.47 Å². The molecule has 3 aliphatic rings. The van der Waals surface area contributed by atoms with E-state index in [0.29, 0.717) is 68.0 Å². The SMILES string of the molecule is O=c1ccc2nc(CN3CCC(NCc4cc5c(cn4)OCCO5)CC3)c(=O)n3c2n1CC3. The number of aryl methyl sites for hydroxylation is 2. The predicted molar refractivity (Wildman–Crippen MR) is 121 cm³/mol. The van der Waals surface area contributed by atoms with Gasteiger partial charge in [-0.1, -0.05) is 0 Å². The predicted octanol–water partition coefficient (Wildman–Crippen LogP) is 0.492. The van der Waals surface area contributed by atoms with E-state index in [9.17, 15) is 9.59 Å². The van der Waals surface area contributed by atoms with Crippen LogP contribution in [0.2, 0.25) is 0 Å². The molecular weight excluding hydrogens is 424 g/mol. The van der Waals surface area contributed by atoms with Crippen molar-refractivity contribution >= 4 is 11.2 Å². The average molecular weight is 450 g/mol. The van der Waals surface area contributed by atoms with Gasteiger partial charge in [-0.3, -0.25) is 28.6 Å². The van der Waals surface area contributed by atoms with Crippen LogP contribution in [0.4, 0.5) is 0 Å². The Bertz CT molecular complexity index is 1330. The van der Waals surface area contributed by atoms with Gasteiger partial charge in [-0.15, -0.1) is 0 Å². The van der Waals surface area contributed by atoms with Crippen LogP contribution in [0.1, 0.15) is 24.2 Å². The Morgan fingerprint density at radius 3 is 2.64 bits per heavy atom. The first-order valence-electron chi connectivity index (χ1n) is 11.5. The summed E-state index contributed by atoms with van der Waals surface area (Å²) in [4.78, 5) is 36.4. The molecule has 0 unspecified atom stereocenters. The smallest absolute Gasteiger partial charge is 0.275 e. The minimum atomic E-state index is -0.0799. The molecule has 0 aliphatic carbocycles. The highest BCUT2D eigenvalue weighted by Gasteiger charge is 2.24. The number of hydrogen-bond acceptors (Lipinski definition) is 8. The number of rotatable bonds is 5. The van der Waals surface area contributed by atoms with Gasteiger partial charge < -0.3 is 14.8 Å². The van der Waals surface area contributed by atoms with Crippen molar-refractivity contribution in [3.63, 3.8) is 0 Å². The van der Waals surface area contributed by atoms with E-state index in [1.165, 1.54) is 6.07 Å². The molecule has 10 heteroatoms. The van der Waals surface area contributed by atoms with Gasteiger partial charge in [-0.05, 0) is 18.9 Å². The molecule has 10 nitrogen and oxygen atoms in total. The van der Waals surface area contributed by atoms with Crippen LogP contribution in [0.15, 0.2) is 34.0 Å². The lowest BCUT2D eigenvalue weighted by Gasteiger charge is -2.32. The number of ether oxygens (including phenoxy) is 2. The summed E-state index contributed by atoms with van der Waals surface area (Å²) in [5.74, 6) is 1.47. The van der Waals surface area contributed by atoms with E-state index in [1.54, 1.807) is 21.4 Å². The third kappa shape index (κ3) is 3.79. The fourth-order valence-corrected chi connectivity index (χ4v) is 4.94. The third-order valence-corrected chi connectivity index (χ3v) is 6.70. The van der Waals surface area contributed by atoms with E-state index in [4.69, 9.17) is 9.47 Å². The molecule has 3 aromatic heterocycles. The van der Waals surface area contributed by atoms with E-state index in [2.05, 4.69) is 20.2 Å². The maximum atomic E-state index is 13.0. The first kappa shape index (κ1) is 20.4. The Kier molecular flexibility index (Phi) is 5.11. The van der Waals surface area contributed by atoms with Crippen LogP contribution in [0.25, 0.3) is 11.2 Å². The van der Waals surface area contributed by atoms with Crippen LogP contribution in [-0.2, 0) is 26.2 Å². The molecule has 0 bridgehead atoms. The normalized spacial score (nSPS) is 18.2. The summed E-state index contributed by atoms with van der Waals surface area (Å²) in [6, 6.07) is 5.60. The first-order chi connectivity index (χ1) is 16.2. The second kappa shape index (κ2) is 8.27. The number of piperidine rings is 1. The Labute approximate surface area is 189 Å². The van der Waals surface area contributed by atoms with Crippen LogP contribution in [-0.4, -0.2) is 56.3 Å². The van der Waals surface area contributed by atoms with E-state index in [-0.39, 0.29) is 11.1 Å². The lowest BCUT2D eigenvalue weighted by molar-refractivity contribution is 0.170. The molecule has 1 N–H and O–H groups in total. The van der Waals surface area contributed by atoms with Crippen LogP contribution in [0.5, 0.6) is 11.5 Å². The second-order valence-corrected chi connectivity index (χ2v) is 8.80. The van der Waals surface area contributed by atoms with Crippen molar-refractivity contribution in [2.45, 2.75) is 45.1 Å². The summed E-state index contributed by atoms with van der Waals surface area (Å²) >= 11 is 0. The molecule has 3 aromatic rings. The second-order valence-electron chi connectivity index (χ2n) is 8.80. The molecule has 1 saturated heterocycles. The molecule has 172 valence electrons. The number of likely N-dealkylation sites (tertiary alicyclic amines) is 1. The van der Waals surface area contributed by atoms with Crippen molar-refractivity contribution in [3.05, 3.63) is 56.5 Å². The Hall–Kier alpha value is -3.24. The van der Waals surface area contributed by atoms with Crippen molar-refractivity contribution in [1.82, 2.24) is 29.3 Å². The molecular formula is C23H26N6O4. The minimum Gasteiger partial charge on any atom is -0.486 e. The zero-order valence-electron chi connectivity index (χ0n) is 18.3. The highest BCUT2D eigenvalue weighted by Crippen LogP contribution is 2.29. The number of nitrogens with one attached hydrogen (secondary N) is 1. The average Bonchev–Trinajstić information content (AvgIpc) is 3.31. The van der Waals surface area contributed by atoms with E-state index < -0.39 is 0 Å². The van der Waals surface area contributed by atoms with Gasteiger partial charge in [0.25, 0.3) is 11.1 Å². The van der Waals surface area contributed by atoms with Gasteiger partial charge in [0.2, 0.25) is 0 Å². The van der Waals surface area contributed by atoms with Crippen LogP contribution in [0.3, 0.4) is 0 Å². The van der Waals surface area contributed by atoms with Gasteiger partial charge in [-0.25, -0.2) is 4.98 Å². The number of fused-ring (bicyclic) bond motifs is 1. The van der Waals surface area contributed by atoms with Crippen molar-refractivity contribution in [2.75, 3.05) is 26.3 Å². The molecule has 6 heterocycles. The lowest BCUT2D eigenvalue weighted by atomic mass is 10.0. The molecule has 0 saturated carbocycles. The first-order valence-corrected chi connectivity index (χ1v) is 11.5. The Morgan fingerprint density at radius 1 is 1.00 bits per heavy atom. The highest BCUT2D eigenvalue weighted by atomic mass is 16.6. The van der Waals surface area contributed by atoms with E-state index >= 15 is 0 Å². The zero-order valence-corrected chi connectivity index (χ0v) is 18.3. The largest absolute Gasteiger partial charge is 0.486 e. The quantitative estimate of drug-likeness (QED) is 0.599. The number of aromatic nitrogens is 4. The molecule has 6 rings (SSSR count). The van der Waals surface area contributed by atoms with Gasteiger partial charge in [0.05, 0.1) is 11.9 Å². The van der Waals surface area contributed by atoms with Crippen LogP contribution >= 0.6 is 0 Å². The van der Waals surface area contributed by atoms with Crippen molar-refractivity contribution in [1.29, 1.82) is 0 Å². The fourth-order valence-electron chi connectivity index (χ4n) is 4.94. The van der Waals surface area contributed by atoms with E-state index in [0.717, 1.165) is 37.4 Å². The summed E-state index contributed by atoms with van der Waals surface area (Å²) in [6.07, 6.45) is 3.71. The molecule has 1 fully saturated rings. The van der Waals surface area contributed by atoms with Gasteiger partial charge >= 0.3 is 0 Å². The maximum absolute atomic E-state index is 13.0. The van der Waals surface area contributed by atoms with Crippen LogP contribution in [0, 0.1) is 0 Å². The summed E-state index contributed by atoms with van der Waals surface area (Å²) < 4.78 is 14.5. The zero-order chi connectivity index (χ0) is 22.4. The van der Waals surface area contributed by atoms with E-state index in [1.807, 2.05) is 6.07 Å². The maximum Gasteiger partial charge on any atom is 0.275 e. The molecule has 0 aromatic carbocycles. The van der Waals surface area contributed by atoms with Gasteiger partial charge in [0, 0.05) is 57.4 Å². The fraction of sp³-hybridized carbons (Fsp3) is 0.478. The molecule has 0 spiro atoms. The minimum absolute atomic E-state index is 0.0794. The molecule has 3 aliphatic heterocycles. The van der Waals surface area contributed by atoms with Gasteiger partial charge in [0.1, 0.15) is 30.1 Å². The number of hydrogen-bond donors (Lipinski definition) is 1. The standard InChI is InChI=1S/C23H26N6O4/c30-21-2-1-17-22-28(21)7-8-29(22)23(31)18(26-17)14-27-5-3-15(4-6-27)24-12-16-11-19-20(13-25-16)33-10-9-32-19/h1-2,11,13,15,24H,3-10,12,14H2. The van der Waals surface area contributed by atoms with Gasteiger partial charge in [-0.2, -0.15) is 0 Å². The van der Waals surface area contributed by atoms with Gasteiger partial charge in [0.15, 0.2) is 11.5 Å². The summed E-state index contributed by atoms with van der Waals surface area (Å²) in [7, 11) is 0. The monoisotopic (exact) mass is 450 g/mol. The topological polar surface area (TPSA) is 104 Å². The number of nitrogens with zero attached hydrogens (tertiary/aromatic N) is 5. The molecule has 0 amide bonds. The molecule has 0 radical (unpaired) electrons. The summed E-state index contributed by atoms with van der Waals surface area (Å²) in [5, 5.41) is 3.60. The Morgan fingerprint density at radius 2 is 1.79 bits per heavy atom. The lowest BCUT2D eigenvalue weighted by Crippen LogP contribution is -2.43. The summed E-state index contributed by atoms with van der Waals surface area (Å²) in [5.41, 5.74) is 2.69. The Balaban J connectivity index is 1.08. The molecule has 33 heavy (non-hydrogen) atoms. The van der Waals surface area contributed by atoms with Crippen molar-refractivity contribution in [3.8, 4) is 11.5 Å². The highest BCUT2D eigenvalue weighted by molar-refractivity contribution is 5.71.